The smallest absolute Gasteiger partial charge is 0.251 e. The number of hydrogen-bond acceptors (Lipinski definition) is 5. The Balaban J connectivity index is 1.31. The van der Waals surface area contributed by atoms with Crippen LogP contribution < -0.4 is 14.8 Å². The first-order valence-corrected chi connectivity index (χ1v) is 9.82. The van der Waals surface area contributed by atoms with E-state index in [1.807, 2.05) is 12.1 Å². The fourth-order valence-electron chi connectivity index (χ4n) is 3.48. The Bertz CT molecular complexity index is 848. The van der Waals surface area contributed by atoms with Crippen LogP contribution in [-0.4, -0.2) is 41.9 Å². The van der Waals surface area contributed by atoms with Crippen LogP contribution in [0.2, 0.25) is 5.02 Å². The highest BCUT2D eigenvalue weighted by Gasteiger charge is 2.20. The fraction of sp³-hybridized carbons (Fsp3) is 0.381. The molecule has 148 valence electrons. The molecule has 0 bridgehead atoms. The van der Waals surface area contributed by atoms with E-state index in [0.29, 0.717) is 28.6 Å². The second-order valence-corrected chi connectivity index (χ2v) is 7.61. The highest BCUT2D eigenvalue weighted by molar-refractivity contribution is 6.32. The molecule has 0 aliphatic carbocycles. The zero-order valence-corrected chi connectivity index (χ0v) is 16.2. The quantitative estimate of drug-likeness (QED) is 0.804. The van der Waals surface area contributed by atoms with Crippen LogP contribution in [0.1, 0.15) is 34.3 Å². The molecule has 1 fully saturated rings. The summed E-state index contributed by atoms with van der Waals surface area (Å²) < 4.78 is 10.6. The van der Waals surface area contributed by atoms with Crippen LogP contribution >= 0.6 is 11.6 Å². The minimum Gasteiger partial charge on any atom is -0.454 e. The van der Waals surface area contributed by atoms with Crippen LogP contribution in [0, 0.1) is 0 Å². The molecular formula is C21H23ClN2O4. The van der Waals surface area contributed by atoms with Crippen molar-refractivity contribution in [2.75, 3.05) is 19.9 Å². The molecule has 2 aliphatic heterocycles. The number of carbonyl (C=O) groups excluding carboxylic acids is 1. The minimum atomic E-state index is -0.212. The molecule has 0 atom stereocenters. The molecule has 7 heteroatoms. The van der Waals surface area contributed by atoms with Crippen molar-refractivity contribution in [1.82, 2.24) is 10.2 Å². The Kier molecular flexibility index (Phi) is 5.71. The van der Waals surface area contributed by atoms with Crippen molar-refractivity contribution in [3.8, 4) is 11.5 Å². The van der Waals surface area contributed by atoms with Gasteiger partial charge in [0.25, 0.3) is 5.91 Å². The van der Waals surface area contributed by atoms with Crippen molar-refractivity contribution in [2.24, 2.45) is 0 Å². The lowest BCUT2D eigenvalue weighted by Gasteiger charge is -2.29. The van der Waals surface area contributed by atoms with Crippen LogP contribution in [0.25, 0.3) is 0 Å². The van der Waals surface area contributed by atoms with Crippen molar-refractivity contribution in [3.63, 3.8) is 0 Å². The Hall–Kier alpha value is -2.28. The average molecular weight is 403 g/mol. The highest BCUT2D eigenvalue weighted by atomic mass is 35.5. The number of rotatable bonds is 5. The Morgan fingerprint density at radius 1 is 1.14 bits per heavy atom. The number of nitrogens with zero attached hydrogens (tertiary/aromatic N) is 1. The summed E-state index contributed by atoms with van der Waals surface area (Å²) in [6.45, 7) is 3.29. The van der Waals surface area contributed by atoms with Crippen molar-refractivity contribution in [2.45, 2.75) is 32.0 Å². The van der Waals surface area contributed by atoms with E-state index in [-0.39, 0.29) is 18.8 Å². The molecule has 0 aromatic heterocycles. The van der Waals surface area contributed by atoms with Crippen molar-refractivity contribution < 1.29 is 19.4 Å². The largest absolute Gasteiger partial charge is 0.454 e. The van der Waals surface area contributed by atoms with Gasteiger partial charge in [-0.1, -0.05) is 35.9 Å². The Morgan fingerprint density at radius 2 is 1.86 bits per heavy atom. The summed E-state index contributed by atoms with van der Waals surface area (Å²) in [5.41, 5.74) is 2.70. The Labute approximate surface area is 169 Å². The molecule has 2 aromatic carbocycles. The van der Waals surface area contributed by atoms with Gasteiger partial charge in [0, 0.05) is 31.7 Å². The van der Waals surface area contributed by atoms with Crippen LogP contribution in [0.3, 0.4) is 0 Å². The number of benzene rings is 2. The number of aliphatic hydroxyl groups excluding tert-OH is 1. The zero-order valence-electron chi connectivity index (χ0n) is 15.5. The lowest BCUT2D eigenvalue weighted by atomic mass is 10.1. The van der Waals surface area contributed by atoms with Crippen LogP contribution in [0.15, 0.2) is 36.4 Å². The summed E-state index contributed by atoms with van der Waals surface area (Å²) in [7, 11) is 0. The molecule has 0 radical (unpaired) electrons. The first-order chi connectivity index (χ1) is 13.6. The molecular weight excluding hydrogens is 380 g/mol. The molecule has 2 aliphatic rings. The Morgan fingerprint density at radius 3 is 2.61 bits per heavy atom. The van der Waals surface area contributed by atoms with E-state index in [1.165, 1.54) is 5.56 Å². The van der Waals surface area contributed by atoms with E-state index in [1.54, 1.807) is 12.1 Å². The molecule has 28 heavy (non-hydrogen) atoms. The van der Waals surface area contributed by atoms with Gasteiger partial charge in [-0.25, -0.2) is 0 Å². The second-order valence-electron chi connectivity index (χ2n) is 7.20. The highest BCUT2D eigenvalue weighted by Crippen LogP contribution is 2.39. The normalized spacial score (nSPS) is 16.9. The number of hydrogen-bond donors (Lipinski definition) is 2. The van der Waals surface area contributed by atoms with E-state index >= 15 is 0 Å². The van der Waals surface area contributed by atoms with Gasteiger partial charge in [-0.2, -0.15) is 0 Å². The summed E-state index contributed by atoms with van der Waals surface area (Å²) in [5.74, 6) is 0.764. The molecule has 6 nitrogen and oxygen atoms in total. The monoisotopic (exact) mass is 402 g/mol. The lowest BCUT2D eigenvalue weighted by Crippen LogP contribution is -2.35. The van der Waals surface area contributed by atoms with E-state index in [2.05, 4.69) is 22.3 Å². The average Bonchev–Trinajstić information content (AvgIpc) is 3.18. The van der Waals surface area contributed by atoms with Gasteiger partial charge >= 0.3 is 0 Å². The van der Waals surface area contributed by atoms with E-state index in [9.17, 15) is 9.90 Å². The fourth-order valence-corrected chi connectivity index (χ4v) is 3.75. The van der Waals surface area contributed by atoms with Crippen LogP contribution in [0.5, 0.6) is 11.5 Å². The number of fused-ring (bicyclic) bond motifs is 1. The molecule has 0 spiro atoms. The van der Waals surface area contributed by atoms with Crippen molar-refractivity contribution >= 4 is 17.5 Å². The third-order valence-electron chi connectivity index (χ3n) is 5.13. The molecule has 2 N–H and O–H groups in total. The summed E-state index contributed by atoms with van der Waals surface area (Å²) in [5, 5.41) is 12.9. The number of nitrogens with one attached hydrogen (secondary N) is 1. The standard InChI is InChI=1S/C21H23ClN2O4/c22-18-9-16(10-19-20(18)28-13-27-19)21(26)23-11-14-1-3-15(4-2-14)12-24-7-5-17(25)6-8-24/h1-4,9-10,17,25H,5-8,11-13H2,(H,23,26). The van der Waals surface area contributed by atoms with Gasteiger partial charge in [-0.3, -0.25) is 9.69 Å². The van der Waals surface area contributed by atoms with E-state index in [0.717, 1.165) is 38.0 Å². The SMILES string of the molecule is O=C(NCc1ccc(CN2CCC(O)CC2)cc1)c1cc(Cl)c2c(c1)OCO2. The maximum absolute atomic E-state index is 12.4. The summed E-state index contributed by atoms with van der Waals surface area (Å²) >= 11 is 6.14. The van der Waals surface area contributed by atoms with Crippen molar-refractivity contribution in [1.29, 1.82) is 0 Å². The summed E-state index contributed by atoms with van der Waals surface area (Å²) in [6.07, 6.45) is 1.53. The van der Waals surface area contributed by atoms with Gasteiger partial charge in [0.2, 0.25) is 6.79 Å². The molecule has 2 aromatic rings. The molecule has 0 unspecified atom stereocenters. The summed E-state index contributed by atoms with van der Waals surface area (Å²) in [6, 6.07) is 11.5. The topological polar surface area (TPSA) is 71.0 Å². The number of aliphatic hydroxyl groups is 1. The number of carbonyl (C=O) groups is 1. The molecule has 1 saturated heterocycles. The first-order valence-electron chi connectivity index (χ1n) is 9.44. The number of halogens is 1. The van der Waals surface area contributed by atoms with E-state index < -0.39 is 0 Å². The van der Waals surface area contributed by atoms with Gasteiger partial charge in [-0.05, 0) is 36.1 Å². The van der Waals surface area contributed by atoms with E-state index in [4.69, 9.17) is 21.1 Å². The van der Waals surface area contributed by atoms with Crippen LogP contribution in [-0.2, 0) is 13.1 Å². The van der Waals surface area contributed by atoms with Gasteiger partial charge in [0.1, 0.15) is 0 Å². The number of amides is 1. The van der Waals surface area contributed by atoms with Gasteiger partial charge in [0.05, 0.1) is 11.1 Å². The maximum atomic E-state index is 12.4. The molecule has 0 saturated carbocycles. The lowest BCUT2D eigenvalue weighted by molar-refractivity contribution is 0.0792. The summed E-state index contributed by atoms with van der Waals surface area (Å²) in [4.78, 5) is 14.8. The van der Waals surface area contributed by atoms with Gasteiger partial charge in [-0.15, -0.1) is 0 Å². The van der Waals surface area contributed by atoms with Crippen molar-refractivity contribution in [3.05, 3.63) is 58.1 Å². The maximum Gasteiger partial charge on any atom is 0.251 e. The molecule has 2 heterocycles. The first kappa shape index (κ1) is 19.1. The number of piperidine rings is 1. The van der Waals surface area contributed by atoms with Gasteiger partial charge in [0.15, 0.2) is 11.5 Å². The molecule has 1 amide bonds. The predicted octanol–water partition coefficient (Wildman–Crippen LogP) is 2.96. The number of ether oxygens (including phenoxy) is 2. The number of likely N-dealkylation sites (tertiary alicyclic amines) is 1. The zero-order chi connectivity index (χ0) is 19.5. The second kappa shape index (κ2) is 8.39. The predicted molar refractivity (Wildman–Crippen MR) is 106 cm³/mol. The minimum absolute atomic E-state index is 0.116. The third-order valence-corrected chi connectivity index (χ3v) is 5.41. The van der Waals surface area contributed by atoms with Gasteiger partial charge < -0.3 is 19.9 Å². The molecule has 4 rings (SSSR count). The van der Waals surface area contributed by atoms with Crippen LogP contribution in [0.4, 0.5) is 0 Å². The third kappa shape index (κ3) is 4.41.